The number of imidazole rings is 1. The molecule has 0 saturated carbocycles. The highest BCUT2D eigenvalue weighted by molar-refractivity contribution is 6.31. The summed E-state index contributed by atoms with van der Waals surface area (Å²) in [6.45, 7) is 2.99. The van der Waals surface area contributed by atoms with Crippen LogP contribution in [0.4, 0.5) is 4.39 Å². The maximum atomic E-state index is 13.4. The van der Waals surface area contributed by atoms with E-state index in [1.807, 2.05) is 17.8 Å². The normalized spacial score (nSPS) is 12.6. The summed E-state index contributed by atoms with van der Waals surface area (Å²) in [5.41, 5.74) is 0.795. The van der Waals surface area contributed by atoms with E-state index in [1.165, 1.54) is 12.1 Å². The number of nitrogens with zero attached hydrogens (tertiary/aromatic N) is 2. The van der Waals surface area contributed by atoms with E-state index in [4.69, 9.17) is 11.6 Å². The molecule has 2 aromatic rings. The van der Waals surface area contributed by atoms with Crippen LogP contribution in [0.2, 0.25) is 5.02 Å². The average Bonchev–Trinajstić information content (AvgIpc) is 2.84. The molecule has 0 fully saturated rings. The Morgan fingerprint density at radius 2 is 2.25 bits per heavy atom. The fraction of sp³-hybridized carbons (Fsp3) is 0.400. The van der Waals surface area contributed by atoms with Crippen LogP contribution in [0.5, 0.6) is 0 Å². The van der Waals surface area contributed by atoms with Crippen molar-refractivity contribution in [3.63, 3.8) is 0 Å². The molecule has 1 aromatic heterocycles. The monoisotopic (exact) mass is 295 g/mol. The van der Waals surface area contributed by atoms with E-state index >= 15 is 0 Å². The van der Waals surface area contributed by atoms with E-state index in [1.54, 1.807) is 12.3 Å². The van der Waals surface area contributed by atoms with Crippen LogP contribution in [-0.2, 0) is 13.5 Å². The minimum atomic E-state index is -0.265. The van der Waals surface area contributed by atoms with Gasteiger partial charge in [0, 0.05) is 24.5 Å². The first-order chi connectivity index (χ1) is 9.61. The summed E-state index contributed by atoms with van der Waals surface area (Å²) in [5, 5.41) is 4.03. The lowest BCUT2D eigenvalue weighted by Gasteiger charge is -2.19. The molecule has 108 valence electrons. The van der Waals surface area contributed by atoms with Gasteiger partial charge in [-0.2, -0.15) is 0 Å². The lowest BCUT2D eigenvalue weighted by atomic mass is 10.0. The van der Waals surface area contributed by atoms with Crippen LogP contribution in [0.25, 0.3) is 0 Å². The van der Waals surface area contributed by atoms with Gasteiger partial charge in [0.25, 0.3) is 0 Å². The van der Waals surface area contributed by atoms with Crippen molar-refractivity contribution >= 4 is 11.6 Å². The molecule has 0 aliphatic carbocycles. The molecule has 3 nitrogen and oxygen atoms in total. The van der Waals surface area contributed by atoms with Crippen molar-refractivity contribution in [3.8, 4) is 0 Å². The second-order valence-electron chi connectivity index (χ2n) is 4.84. The molecule has 0 amide bonds. The van der Waals surface area contributed by atoms with E-state index in [0.29, 0.717) is 11.4 Å². The highest BCUT2D eigenvalue weighted by atomic mass is 35.5. The highest BCUT2D eigenvalue weighted by Gasteiger charge is 2.17. The third kappa shape index (κ3) is 3.58. The molecule has 0 spiro atoms. The number of aromatic nitrogens is 2. The first-order valence-electron chi connectivity index (χ1n) is 6.76. The second-order valence-corrected chi connectivity index (χ2v) is 5.25. The molecular weight excluding hydrogens is 277 g/mol. The SMILES string of the molecule is CCCNC(Cc1cc(F)ccc1Cl)c1nccn1C. The number of hydrogen-bond donors (Lipinski definition) is 1. The van der Waals surface area contributed by atoms with E-state index in [2.05, 4.69) is 17.2 Å². The molecule has 1 unspecified atom stereocenters. The molecule has 1 N–H and O–H groups in total. The van der Waals surface area contributed by atoms with Crippen LogP contribution in [0.15, 0.2) is 30.6 Å². The minimum absolute atomic E-state index is 0.0225. The first-order valence-corrected chi connectivity index (χ1v) is 7.14. The molecule has 1 heterocycles. The van der Waals surface area contributed by atoms with Crippen molar-refractivity contribution < 1.29 is 4.39 Å². The molecule has 0 bridgehead atoms. The van der Waals surface area contributed by atoms with E-state index in [-0.39, 0.29) is 11.9 Å². The maximum absolute atomic E-state index is 13.4. The van der Waals surface area contributed by atoms with Gasteiger partial charge in [0.15, 0.2) is 0 Å². The van der Waals surface area contributed by atoms with E-state index < -0.39 is 0 Å². The first kappa shape index (κ1) is 15.0. The van der Waals surface area contributed by atoms with Crippen LogP contribution < -0.4 is 5.32 Å². The largest absolute Gasteiger partial charge is 0.337 e. The summed E-state index contributed by atoms with van der Waals surface area (Å²) in [5.74, 6) is 0.664. The zero-order valence-corrected chi connectivity index (χ0v) is 12.5. The smallest absolute Gasteiger partial charge is 0.125 e. The Bertz CT molecular complexity index is 568. The Morgan fingerprint density at radius 3 is 2.90 bits per heavy atom. The summed E-state index contributed by atoms with van der Waals surface area (Å²) in [6.07, 6.45) is 5.31. The molecule has 0 aliphatic heterocycles. The maximum Gasteiger partial charge on any atom is 0.125 e. The molecular formula is C15H19ClFN3. The Kier molecular flexibility index (Phi) is 5.15. The van der Waals surface area contributed by atoms with Crippen LogP contribution in [0.3, 0.4) is 0 Å². The van der Waals surface area contributed by atoms with Crippen molar-refractivity contribution in [2.45, 2.75) is 25.8 Å². The third-order valence-electron chi connectivity index (χ3n) is 3.24. The standard InChI is InChI=1S/C15H19ClFN3/c1-3-6-18-14(15-19-7-8-20(15)2)10-11-9-12(17)4-5-13(11)16/h4-5,7-9,14,18H,3,6,10H2,1-2H3. The zero-order valence-electron chi connectivity index (χ0n) is 11.7. The summed E-state index contributed by atoms with van der Waals surface area (Å²) in [4.78, 5) is 4.38. The van der Waals surface area contributed by atoms with Gasteiger partial charge in [0.05, 0.1) is 6.04 Å². The van der Waals surface area contributed by atoms with Crippen molar-refractivity contribution in [1.82, 2.24) is 14.9 Å². The van der Waals surface area contributed by atoms with Gasteiger partial charge in [-0.1, -0.05) is 18.5 Å². The van der Waals surface area contributed by atoms with Gasteiger partial charge >= 0.3 is 0 Å². The van der Waals surface area contributed by atoms with Crippen molar-refractivity contribution in [3.05, 3.63) is 52.8 Å². The summed E-state index contributed by atoms with van der Waals surface area (Å²) >= 11 is 6.15. The van der Waals surface area contributed by atoms with Gasteiger partial charge in [0.2, 0.25) is 0 Å². The highest BCUT2D eigenvalue weighted by Crippen LogP contribution is 2.23. The molecule has 0 aliphatic rings. The summed E-state index contributed by atoms with van der Waals surface area (Å²) in [6, 6.07) is 4.49. The molecule has 1 atom stereocenters. The lowest BCUT2D eigenvalue weighted by Crippen LogP contribution is -2.26. The van der Waals surface area contributed by atoms with E-state index in [0.717, 1.165) is 24.4 Å². The van der Waals surface area contributed by atoms with Gasteiger partial charge < -0.3 is 9.88 Å². The zero-order chi connectivity index (χ0) is 14.5. The van der Waals surface area contributed by atoms with Crippen molar-refractivity contribution in [2.24, 2.45) is 7.05 Å². The minimum Gasteiger partial charge on any atom is -0.337 e. The number of nitrogens with one attached hydrogen (secondary N) is 1. The van der Waals surface area contributed by atoms with Gasteiger partial charge in [0.1, 0.15) is 11.6 Å². The predicted molar refractivity (Wildman–Crippen MR) is 79.4 cm³/mol. The summed E-state index contributed by atoms with van der Waals surface area (Å²) in [7, 11) is 1.95. The Hall–Kier alpha value is -1.39. The molecule has 20 heavy (non-hydrogen) atoms. The summed E-state index contributed by atoms with van der Waals surface area (Å²) < 4.78 is 15.3. The molecule has 5 heteroatoms. The molecule has 2 rings (SSSR count). The number of aryl methyl sites for hydroxylation is 1. The van der Waals surface area contributed by atoms with Crippen molar-refractivity contribution in [1.29, 1.82) is 0 Å². The lowest BCUT2D eigenvalue weighted by molar-refractivity contribution is 0.490. The number of benzene rings is 1. The molecule has 0 radical (unpaired) electrons. The van der Waals surface area contributed by atoms with Crippen LogP contribution >= 0.6 is 11.6 Å². The Labute approximate surface area is 123 Å². The van der Waals surface area contributed by atoms with E-state index in [9.17, 15) is 4.39 Å². The second kappa shape index (κ2) is 6.86. The number of hydrogen-bond acceptors (Lipinski definition) is 2. The average molecular weight is 296 g/mol. The number of halogens is 2. The van der Waals surface area contributed by atoms with Gasteiger partial charge in [-0.05, 0) is 43.1 Å². The Balaban J connectivity index is 2.23. The van der Waals surface area contributed by atoms with Gasteiger partial charge in [-0.3, -0.25) is 0 Å². The third-order valence-corrected chi connectivity index (χ3v) is 3.61. The quantitative estimate of drug-likeness (QED) is 0.884. The van der Waals surface area contributed by atoms with Crippen molar-refractivity contribution in [2.75, 3.05) is 6.54 Å². The fourth-order valence-electron chi connectivity index (χ4n) is 2.21. The molecule has 1 aromatic carbocycles. The van der Waals surface area contributed by atoms with Crippen LogP contribution in [-0.4, -0.2) is 16.1 Å². The van der Waals surface area contributed by atoms with Crippen LogP contribution in [0, 0.1) is 5.82 Å². The van der Waals surface area contributed by atoms with Gasteiger partial charge in [-0.25, -0.2) is 9.37 Å². The Morgan fingerprint density at radius 1 is 1.45 bits per heavy atom. The van der Waals surface area contributed by atoms with Gasteiger partial charge in [-0.15, -0.1) is 0 Å². The molecule has 0 saturated heterocycles. The topological polar surface area (TPSA) is 29.9 Å². The predicted octanol–water partition coefficient (Wildman–Crippen LogP) is 3.50. The number of rotatable bonds is 6. The fourth-order valence-corrected chi connectivity index (χ4v) is 2.40. The van der Waals surface area contributed by atoms with Crippen LogP contribution in [0.1, 0.15) is 30.8 Å².